The number of esters is 1. The minimum atomic E-state index is -1.88. The number of nitrogens with zero attached hydrogens (tertiary/aromatic N) is 1. The number of rotatable bonds is 4. The van der Waals surface area contributed by atoms with Gasteiger partial charge in [-0.25, -0.2) is 9.63 Å². The summed E-state index contributed by atoms with van der Waals surface area (Å²) in [5, 5.41) is 1.57. The average Bonchev–Trinajstić information content (AvgIpc) is 3.07. The highest BCUT2D eigenvalue weighted by molar-refractivity contribution is 6.69. The lowest BCUT2D eigenvalue weighted by Crippen LogP contribution is -2.62. The van der Waals surface area contributed by atoms with Gasteiger partial charge in [0.2, 0.25) is 0 Å². The fourth-order valence-corrected chi connectivity index (χ4v) is 6.44. The number of hydrogen-bond donors (Lipinski definition) is 0. The Morgan fingerprint density at radius 1 is 1.21 bits per heavy atom. The molecule has 28 heavy (non-hydrogen) atoms. The van der Waals surface area contributed by atoms with Crippen LogP contribution < -0.4 is 0 Å². The van der Waals surface area contributed by atoms with Gasteiger partial charge in [0.25, 0.3) is 0 Å². The second-order valence-corrected chi connectivity index (χ2v) is 13.5. The van der Waals surface area contributed by atoms with Gasteiger partial charge >= 0.3 is 5.97 Å². The SMILES string of the molecule is COC(=O)[C@H]1C[C@@H]2[C@H](c3ccccc3)[C@H]3CCCC[C@]3(O[Si](C)(C)C)ON2O1. The second kappa shape index (κ2) is 7.53. The molecule has 4 rings (SSSR count). The zero-order valence-corrected chi connectivity index (χ0v) is 18.2. The molecule has 2 aliphatic heterocycles. The lowest BCUT2D eigenvalue weighted by atomic mass is 9.68. The number of methoxy groups -OCH3 is 1. The van der Waals surface area contributed by atoms with Gasteiger partial charge in [-0.3, -0.25) is 4.84 Å². The van der Waals surface area contributed by atoms with Crippen molar-refractivity contribution < 1.29 is 23.6 Å². The molecule has 2 heterocycles. The van der Waals surface area contributed by atoms with Crippen molar-refractivity contribution in [3.05, 3.63) is 35.9 Å². The molecule has 6 nitrogen and oxygen atoms in total. The fourth-order valence-electron chi connectivity index (χ4n) is 5.11. The molecule has 0 aromatic heterocycles. The van der Waals surface area contributed by atoms with Crippen LogP contribution in [-0.4, -0.2) is 44.6 Å². The molecule has 5 atom stereocenters. The quantitative estimate of drug-likeness (QED) is 0.557. The van der Waals surface area contributed by atoms with E-state index >= 15 is 0 Å². The van der Waals surface area contributed by atoms with Crippen LogP contribution in [0.3, 0.4) is 0 Å². The summed E-state index contributed by atoms with van der Waals surface area (Å²) < 4.78 is 11.7. The first-order valence-electron chi connectivity index (χ1n) is 10.3. The standard InChI is InChI=1S/C21H31NO5Si/c1-24-20(23)18-14-17-19(15-10-6-5-7-11-15)16-12-8-9-13-21(16,26-22(17)25-18)27-28(2,3)4/h5-7,10-11,16-19H,8-9,12-14H2,1-4H3/t16-,17-,18-,19-,21-/m1/s1. The molecule has 0 amide bonds. The van der Waals surface area contributed by atoms with Crippen molar-refractivity contribution in [2.24, 2.45) is 5.92 Å². The smallest absolute Gasteiger partial charge is 0.337 e. The zero-order chi connectivity index (χ0) is 19.9. The lowest BCUT2D eigenvalue weighted by Gasteiger charge is -2.55. The van der Waals surface area contributed by atoms with Crippen LogP contribution in [0.5, 0.6) is 0 Å². The normalized spacial score (nSPS) is 35.9. The van der Waals surface area contributed by atoms with Gasteiger partial charge in [0.1, 0.15) is 0 Å². The maximum atomic E-state index is 12.2. The predicted molar refractivity (Wildman–Crippen MR) is 107 cm³/mol. The minimum absolute atomic E-state index is 0.0343. The van der Waals surface area contributed by atoms with E-state index < -0.39 is 20.2 Å². The van der Waals surface area contributed by atoms with E-state index in [9.17, 15) is 4.79 Å². The van der Waals surface area contributed by atoms with E-state index in [-0.39, 0.29) is 23.8 Å². The molecule has 1 aromatic rings. The summed E-state index contributed by atoms with van der Waals surface area (Å²) in [5.41, 5.74) is 1.25. The van der Waals surface area contributed by atoms with E-state index in [2.05, 4.69) is 43.9 Å². The first-order chi connectivity index (χ1) is 13.3. The highest BCUT2D eigenvalue weighted by Crippen LogP contribution is 2.55. The highest BCUT2D eigenvalue weighted by atomic mass is 28.4. The Morgan fingerprint density at radius 2 is 1.96 bits per heavy atom. The topological polar surface area (TPSA) is 57.2 Å². The van der Waals surface area contributed by atoms with Gasteiger partial charge in [0.05, 0.1) is 13.2 Å². The van der Waals surface area contributed by atoms with Crippen molar-refractivity contribution >= 4 is 14.3 Å². The third kappa shape index (κ3) is 3.66. The van der Waals surface area contributed by atoms with E-state index in [1.165, 1.54) is 19.1 Å². The van der Waals surface area contributed by atoms with E-state index in [4.69, 9.17) is 18.8 Å². The summed E-state index contributed by atoms with van der Waals surface area (Å²) in [6.07, 6.45) is 4.07. The van der Waals surface area contributed by atoms with Crippen molar-refractivity contribution in [1.29, 1.82) is 0 Å². The van der Waals surface area contributed by atoms with Crippen molar-refractivity contribution in [1.82, 2.24) is 5.23 Å². The number of ether oxygens (including phenoxy) is 1. The van der Waals surface area contributed by atoms with E-state index in [0.29, 0.717) is 6.42 Å². The Labute approximate surface area is 168 Å². The van der Waals surface area contributed by atoms with Crippen LogP contribution in [0.2, 0.25) is 19.6 Å². The molecule has 0 unspecified atom stereocenters. The predicted octanol–water partition coefficient (Wildman–Crippen LogP) is 4.00. The Balaban J connectivity index is 1.75. The molecule has 1 saturated carbocycles. The Bertz CT molecular complexity index is 708. The molecule has 0 radical (unpaired) electrons. The average molecular weight is 406 g/mol. The van der Waals surface area contributed by atoms with Crippen molar-refractivity contribution in [2.75, 3.05) is 7.11 Å². The minimum Gasteiger partial charge on any atom is -0.467 e. The van der Waals surface area contributed by atoms with Gasteiger partial charge in [-0.05, 0) is 38.0 Å². The first-order valence-corrected chi connectivity index (χ1v) is 13.7. The van der Waals surface area contributed by atoms with Crippen LogP contribution in [0.25, 0.3) is 0 Å². The van der Waals surface area contributed by atoms with Gasteiger partial charge in [-0.1, -0.05) is 42.0 Å². The van der Waals surface area contributed by atoms with Gasteiger partial charge < -0.3 is 9.16 Å². The molecule has 0 spiro atoms. The summed E-state index contributed by atoms with van der Waals surface area (Å²) in [6, 6.07) is 10.5. The van der Waals surface area contributed by atoms with Crippen LogP contribution >= 0.6 is 0 Å². The van der Waals surface area contributed by atoms with E-state index in [1.54, 1.807) is 5.23 Å². The van der Waals surface area contributed by atoms with Crippen LogP contribution in [0.15, 0.2) is 30.3 Å². The fraction of sp³-hybridized carbons (Fsp3) is 0.667. The van der Waals surface area contributed by atoms with Crippen molar-refractivity contribution in [3.8, 4) is 0 Å². The van der Waals surface area contributed by atoms with Crippen LogP contribution in [0, 0.1) is 5.92 Å². The Morgan fingerprint density at radius 3 is 2.64 bits per heavy atom. The Kier molecular flexibility index (Phi) is 5.39. The summed E-state index contributed by atoms with van der Waals surface area (Å²) >= 11 is 0. The van der Waals surface area contributed by atoms with Crippen LogP contribution in [-0.2, 0) is 23.6 Å². The molecule has 2 saturated heterocycles. The van der Waals surface area contributed by atoms with Crippen molar-refractivity contribution in [3.63, 3.8) is 0 Å². The molecule has 3 fully saturated rings. The highest BCUT2D eigenvalue weighted by Gasteiger charge is 2.60. The number of hydroxylamine groups is 2. The molecule has 7 heteroatoms. The number of hydrogen-bond acceptors (Lipinski definition) is 6. The number of carbonyl (C=O) groups excluding carboxylic acids is 1. The second-order valence-electron chi connectivity index (χ2n) is 9.11. The van der Waals surface area contributed by atoms with E-state index in [1.807, 2.05) is 6.07 Å². The monoisotopic (exact) mass is 405 g/mol. The molecule has 1 aliphatic carbocycles. The maximum Gasteiger partial charge on any atom is 0.337 e. The van der Waals surface area contributed by atoms with Gasteiger partial charge in [-0.15, -0.1) is 0 Å². The molecular formula is C21H31NO5Si. The summed E-state index contributed by atoms with van der Waals surface area (Å²) in [7, 11) is -0.484. The van der Waals surface area contributed by atoms with Crippen LogP contribution in [0.1, 0.15) is 43.6 Å². The van der Waals surface area contributed by atoms with Crippen LogP contribution in [0.4, 0.5) is 0 Å². The summed E-state index contributed by atoms with van der Waals surface area (Å²) in [5.74, 6) is -0.629. The third-order valence-corrected chi connectivity index (χ3v) is 6.99. The van der Waals surface area contributed by atoms with Gasteiger partial charge in [-0.2, -0.15) is 0 Å². The summed E-state index contributed by atoms with van der Waals surface area (Å²) in [6.45, 7) is 6.59. The number of benzene rings is 1. The largest absolute Gasteiger partial charge is 0.467 e. The van der Waals surface area contributed by atoms with E-state index in [0.717, 1.165) is 19.3 Å². The van der Waals surface area contributed by atoms with Crippen molar-refractivity contribution in [2.45, 2.75) is 75.6 Å². The maximum absolute atomic E-state index is 12.2. The first kappa shape index (κ1) is 20.0. The third-order valence-electron chi connectivity index (χ3n) is 6.03. The zero-order valence-electron chi connectivity index (χ0n) is 17.2. The molecule has 0 bridgehead atoms. The molecule has 1 aromatic carbocycles. The van der Waals surface area contributed by atoms with Gasteiger partial charge in [0.15, 0.2) is 20.2 Å². The molecular weight excluding hydrogens is 374 g/mol. The van der Waals surface area contributed by atoms with Gasteiger partial charge in [0, 0.05) is 24.7 Å². The number of carbonyl (C=O) groups is 1. The number of fused-ring (bicyclic) bond motifs is 2. The lowest BCUT2D eigenvalue weighted by molar-refractivity contribution is -0.480. The Hall–Kier alpha value is -1.25. The molecule has 3 aliphatic rings. The molecule has 154 valence electrons. The summed E-state index contributed by atoms with van der Waals surface area (Å²) in [4.78, 5) is 24.6. The molecule has 0 N–H and O–H groups in total.